The SMILES string of the molecule is C[C@@H](NC(=O)CN1C(=O)[C@H]2CC=CC[C@@H]2C1=O)c1ccccc1Br. The van der Waals surface area contributed by atoms with E-state index in [1.165, 1.54) is 0 Å². The third-order valence-electron chi connectivity index (χ3n) is 4.65. The van der Waals surface area contributed by atoms with Crippen LogP contribution < -0.4 is 5.32 Å². The van der Waals surface area contributed by atoms with Crippen LogP contribution in [-0.4, -0.2) is 29.2 Å². The molecule has 0 unspecified atom stereocenters. The van der Waals surface area contributed by atoms with Gasteiger partial charge in [-0.1, -0.05) is 46.3 Å². The molecule has 1 aromatic carbocycles. The van der Waals surface area contributed by atoms with Crippen molar-refractivity contribution in [3.63, 3.8) is 0 Å². The summed E-state index contributed by atoms with van der Waals surface area (Å²) in [6.45, 7) is 1.66. The molecule has 6 heteroatoms. The third kappa shape index (κ3) is 3.15. The van der Waals surface area contributed by atoms with Gasteiger partial charge in [0.15, 0.2) is 0 Å². The van der Waals surface area contributed by atoms with Crippen LogP contribution in [0.25, 0.3) is 0 Å². The maximum atomic E-state index is 12.4. The van der Waals surface area contributed by atoms with Crippen molar-refractivity contribution in [2.75, 3.05) is 6.54 Å². The zero-order chi connectivity index (χ0) is 17.3. The lowest BCUT2D eigenvalue weighted by atomic mass is 9.85. The Morgan fingerprint density at radius 1 is 1.21 bits per heavy atom. The number of hydrogen-bond donors (Lipinski definition) is 1. The van der Waals surface area contributed by atoms with Crippen molar-refractivity contribution in [2.24, 2.45) is 11.8 Å². The summed E-state index contributed by atoms with van der Waals surface area (Å²) in [5.41, 5.74) is 0.947. The maximum absolute atomic E-state index is 12.4. The second-order valence-electron chi connectivity index (χ2n) is 6.23. The highest BCUT2D eigenvalue weighted by Gasteiger charge is 2.47. The van der Waals surface area contributed by atoms with Crippen LogP contribution in [-0.2, 0) is 14.4 Å². The summed E-state index contributed by atoms with van der Waals surface area (Å²) in [6.07, 6.45) is 5.04. The Balaban J connectivity index is 1.64. The second-order valence-corrected chi connectivity index (χ2v) is 7.08. The van der Waals surface area contributed by atoms with Gasteiger partial charge in [-0.25, -0.2) is 0 Å². The lowest BCUT2D eigenvalue weighted by Gasteiger charge is -2.19. The molecule has 1 aliphatic heterocycles. The summed E-state index contributed by atoms with van der Waals surface area (Å²) in [5, 5.41) is 2.86. The first-order valence-corrected chi connectivity index (χ1v) is 8.82. The Morgan fingerprint density at radius 2 is 1.79 bits per heavy atom. The molecular formula is C18H19BrN2O3. The van der Waals surface area contributed by atoms with Gasteiger partial charge in [0.1, 0.15) is 6.54 Å². The predicted molar refractivity (Wildman–Crippen MR) is 92.8 cm³/mol. The molecule has 0 saturated carbocycles. The van der Waals surface area contributed by atoms with Gasteiger partial charge in [0.05, 0.1) is 17.9 Å². The fourth-order valence-electron chi connectivity index (χ4n) is 3.36. The van der Waals surface area contributed by atoms with Crippen molar-refractivity contribution in [2.45, 2.75) is 25.8 Å². The first-order valence-electron chi connectivity index (χ1n) is 8.03. The topological polar surface area (TPSA) is 66.5 Å². The molecule has 0 bridgehead atoms. The van der Waals surface area contributed by atoms with Gasteiger partial charge < -0.3 is 5.32 Å². The van der Waals surface area contributed by atoms with E-state index in [0.29, 0.717) is 12.8 Å². The van der Waals surface area contributed by atoms with Gasteiger partial charge in [0, 0.05) is 4.47 Å². The molecule has 1 saturated heterocycles. The fraction of sp³-hybridized carbons (Fsp3) is 0.389. The number of halogens is 1. The van der Waals surface area contributed by atoms with E-state index in [1.807, 2.05) is 43.3 Å². The zero-order valence-electron chi connectivity index (χ0n) is 13.4. The Bertz CT molecular complexity index is 690. The van der Waals surface area contributed by atoms with Gasteiger partial charge >= 0.3 is 0 Å². The molecule has 1 aromatic rings. The average Bonchev–Trinajstić information content (AvgIpc) is 2.80. The van der Waals surface area contributed by atoms with E-state index in [9.17, 15) is 14.4 Å². The van der Waals surface area contributed by atoms with Crippen molar-refractivity contribution in [3.8, 4) is 0 Å². The average molecular weight is 391 g/mol. The molecule has 5 nitrogen and oxygen atoms in total. The number of carbonyl (C=O) groups is 3. The number of carbonyl (C=O) groups excluding carboxylic acids is 3. The first-order chi connectivity index (χ1) is 11.5. The van der Waals surface area contributed by atoms with Crippen molar-refractivity contribution in [3.05, 3.63) is 46.5 Å². The van der Waals surface area contributed by atoms with E-state index in [0.717, 1.165) is 14.9 Å². The molecule has 3 atom stereocenters. The highest BCUT2D eigenvalue weighted by atomic mass is 79.9. The molecular weight excluding hydrogens is 372 g/mol. The number of imide groups is 1. The number of allylic oxidation sites excluding steroid dienone is 2. The van der Waals surface area contributed by atoms with Crippen LogP contribution in [0, 0.1) is 11.8 Å². The number of rotatable bonds is 4. The van der Waals surface area contributed by atoms with Gasteiger partial charge in [0.25, 0.3) is 0 Å². The highest BCUT2D eigenvalue weighted by Crippen LogP contribution is 2.34. The molecule has 1 heterocycles. The standard InChI is InChI=1S/C18H19BrN2O3/c1-11(12-6-4-5-9-15(12)19)20-16(22)10-21-17(23)13-7-2-3-8-14(13)18(21)24/h2-6,9,11,13-14H,7-8,10H2,1H3,(H,20,22)/t11-,13+,14+/m1/s1. The molecule has 1 N–H and O–H groups in total. The number of amides is 3. The lowest BCUT2D eigenvalue weighted by Crippen LogP contribution is -2.41. The minimum absolute atomic E-state index is 0.209. The minimum atomic E-state index is -0.327. The molecule has 24 heavy (non-hydrogen) atoms. The Hall–Kier alpha value is -1.95. The third-order valence-corrected chi connectivity index (χ3v) is 5.37. The van der Waals surface area contributed by atoms with E-state index >= 15 is 0 Å². The van der Waals surface area contributed by atoms with E-state index in [4.69, 9.17) is 0 Å². The lowest BCUT2D eigenvalue weighted by molar-refractivity contribution is -0.143. The number of benzene rings is 1. The largest absolute Gasteiger partial charge is 0.348 e. The van der Waals surface area contributed by atoms with Crippen molar-refractivity contribution >= 4 is 33.7 Å². The quantitative estimate of drug-likeness (QED) is 0.634. The number of likely N-dealkylation sites (tertiary alicyclic amines) is 1. The van der Waals surface area contributed by atoms with E-state index < -0.39 is 0 Å². The van der Waals surface area contributed by atoms with Crippen LogP contribution in [0.1, 0.15) is 31.4 Å². The Kier molecular flexibility index (Phi) is 4.85. The molecule has 1 fully saturated rings. The summed E-state index contributed by atoms with van der Waals surface area (Å²) >= 11 is 3.46. The van der Waals surface area contributed by atoms with Crippen LogP contribution in [0.3, 0.4) is 0 Å². The molecule has 2 aliphatic rings. The first kappa shape index (κ1) is 16.9. The van der Waals surface area contributed by atoms with Crippen LogP contribution in [0.2, 0.25) is 0 Å². The Labute approximate surface area is 149 Å². The van der Waals surface area contributed by atoms with E-state index in [2.05, 4.69) is 21.2 Å². The summed E-state index contributed by atoms with van der Waals surface area (Å²) < 4.78 is 0.906. The molecule has 1 aliphatic carbocycles. The van der Waals surface area contributed by atoms with E-state index in [-0.39, 0.29) is 42.1 Å². The number of nitrogens with one attached hydrogen (secondary N) is 1. The molecule has 3 rings (SSSR count). The molecule has 0 aromatic heterocycles. The highest BCUT2D eigenvalue weighted by molar-refractivity contribution is 9.10. The maximum Gasteiger partial charge on any atom is 0.240 e. The molecule has 0 spiro atoms. The molecule has 0 radical (unpaired) electrons. The summed E-state index contributed by atoms with van der Waals surface area (Å²) in [7, 11) is 0. The fourth-order valence-corrected chi connectivity index (χ4v) is 3.99. The molecule has 126 valence electrons. The van der Waals surface area contributed by atoms with Gasteiger partial charge in [-0.15, -0.1) is 0 Å². The van der Waals surface area contributed by atoms with Crippen LogP contribution >= 0.6 is 15.9 Å². The monoisotopic (exact) mass is 390 g/mol. The van der Waals surface area contributed by atoms with Gasteiger partial charge in [-0.05, 0) is 31.4 Å². The minimum Gasteiger partial charge on any atom is -0.348 e. The predicted octanol–water partition coefficient (Wildman–Crippen LogP) is 2.58. The van der Waals surface area contributed by atoms with Crippen LogP contribution in [0.4, 0.5) is 0 Å². The van der Waals surface area contributed by atoms with Crippen molar-refractivity contribution < 1.29 is 14.4 Å². The number of hydrogen-bond acceptors (Lipinski definition) is 3. The van der Waals surface area contributed by atoms with Crippen LogP contribution in [0.5, 0.6) is 0 Å². The van der Waals surface area contributed by atoms with E-state index in [1.54, 1.807) is 0 Å². The number of nitrogens with zero attached hydrogens (tertiary/aromatic N) is 1. The number of fused-ring (bicyclic) bond motifs is 1. The van der Waals surface area contributed by atoms with Crippen molar-refractivity contribution in [1.82, 2.24) is 10.2 Å². The van der Waals surface area contributed by atoms with Gasteiger partial charge in [0.2, 0.25) is 17.7 Å². The Morgan fingerprint density at radius 3 is 2.38 bits per heavy atom. The van der Waals surface area contributed by atoms with Crippen LogP contribution in [0.15, 0.2) is 40.9 Å². The smallest absolute Gasteiger partial charge is 0.240 e. The summed E-state index contributed by atoms with van der Waals surface area (Å²) in [5.74, 6) is -1.37. The summed E-state index contributed by atoms with van der Waals surface area (Å²) in [6, 6.07) is 7.41. The molecule has 3 amide bonds. The van der Waals surface area contributed by atoms with Gasteiger partial charge in [-0.2, -0.15) is 0 Å². The van der Waals surface area contributed by atoms with Crippen molar-refractivity contribution in [1.29, 1.82) is 0 Å². The van der Waals surface area contributed by atoms with Gasteiger partial charge in [-0.3, -0.25) is 19.3 Å². The zero-order valence-corrected chi connectivity index (χ0v) is 15.0. The summed E-state index contributed by atoms with van der Waals surface area (Å²) in [4.78, 5) is 38.2. The normalized spacial score (nSPS) is 24.0. The second kappa shape index (κ2) is 6.89.